The van der Waals surface area contributed by atoms with E-state index in [4.69, 9.17) is 0 Å². The summed E-state index contributed by atoms with van der Waals surface area (Å²) in [5.74, 6) is 0.0607. The molecule has 0 spiro atoms. The molecule has 2 amide bonds. The van der Waals surface area contributed by atoms with Crippen LogP contribution in [0.2, 0.25) is 0 Å². The Morgan fingerprint density at radius 1 is 1.18 bits per heavy atom. The van der Waals surface area contributed by atoms with Crippen LogP contribution >= 0.6 is 23.1 Å². The smallest absolute Gasteiger partial charge is 0.279 e. The lowest BCUT2D eigenvalue weighted by Crippen LogP contribution is -2.41. The van der Waals surface area contributed by atoms with E-state index < -0.39 is 0 Å². The van der Waals surface area contributed by atoms with Crippen LogP contribution in [-0.4, -0.2) is 26.6 Å². The molecule has 7 nitrogen and oxygen atoms in total. The highest BCUT2D eigenvalue weighted by molar-refractivity contribution is 7.98. The summed E-state index contributed by atoms with van der Waals surface area (Å²) < 4.78 is 1.85. The third-order valence-electron chi connectivity index (χ3n) is 4.11. The summed E-state index contributed by atoms with van der Waals surface area (Å²) in [7, 11) is 1.89. The normalized spacial score (nSPS) is 10.7. The first-order valence-electron chi connectivity index (χ1n) is 8.73. The Morgan fingerprint density at radius 2 is 1.89 bits per heavy atom. The van der Waals surface area contributed by atoms with Gasteiger partial charge in [-0.3, -0.25) is 20.4 Å². The van der Waals surface area contributed by atoms with Crippen molar-refractivity contribution in [3.05, 3.63) is 63.1 Å². The molecule has 3 rings (SSSR count). The number of benzene rings is 1. The molecule has 0 aliphatic rings. The van der Waals surface area contributed by atoms with Crippen molar-refractivity contribution in [1.29, 1.82) is 0 Å². The number of amides is 2. The Bertz CT molecular complexity index is 979. The molecule has 146 valence electrons. The zero-order valence-electron chi connectivity index (χ0n) is 15.9. The van der Waals surface area contributed by atoms with Gasteiger partial charge in [-0.15, -0.1) is 21.5 Å². The summed E-state index contributed by atoms with van der Waals surface area (Å²) in [6.45, 7) is 4.03. The molecule has 0 radical (unpaired) electrons. The maximum absolute atomic E-state index is 12.3. The average molecular weight is 416 g/mol. The van der Waals surface area contributed by atoms with Gasteiger partial charge in [0, 0.05) is 23.2 Å². The van der Waals surface area contributed by atoms with Gasteiger partial charge in [-0.25, -0.2) is 0 Å². The van der Waals surface area contributed by atoms with Crippen molar-refractivity contribution in [3.63, 3.8) is 0 Å². The van der Waals surface area contributed by atoms with Gasteiger partial charge in [-0.1, -0.05) is 30.8 Å². The first kappa shape index (κ1) is 20.1. The lowest BCUT2D eigenvalue weighted by atomic mass is 10.1. The lowest BCUT2D eigenvalue weighted by molar-refractivity contribution is 0.0849. The number of thiophene rings is 1. The van der Waals surface area contributed by atoms with Gasteiger partial charge in [0.15, 0.2) is 5.16 Å². The first-order valence-corrected chi connectivity index (χ1v) is 10.5. The van der Waals surface area contributed by atoms with E-state index in [-0.39, 0.29) is 11.8 Å². The summed E-state index contributed by atoms with van der Waals surface area (Å²) in [5, 5.41) is 8.70. The summed E-state index contributed by atoms with van der Waals surface area (Å²) in [4.78, 5) is 26.2. The highest BCUT2D eigenvalue weighted by Crippen LogP contribution is 2.22. The molecule has 0 saturated carbocycles. The fourth-order valence-electron chi connectivity index (χ4n) is 2.53. The minimum Gasteiger partial charge on any atom is -0.312 e. The number of nitrogens with zero attached hydrogens (tertiary/aromatic N) is 3. The highest BCUT2D eigenvalue weighted by Gasteiger charge is 2.13. The maximum atomic E-state index is 12.3. The average Bonchev–Trinajstić information content (AvgIpc) is 3.29. The van der Waals surface area contributed by atoms with E-state index in [2.05, 4.69) is 28.0 Å². The van der Waals surface area contributed by atoms with Gasteiger partial charge in [0.1, 0.15) is 6.33 Å². The number of carbonyl (C=O) groups is 2. The number of aryl methyl sites for hydroxylation is 3. The fourth-order valence-corrected chi connectivity index (χ4v) is 4.39. The quantitative estimate of drug-likeness (QED) is 0.477. The Hall–Kier alpha value is -2.65. The van der Waals surface area contributed by atoms with E-state index >= 15 is 0 Å². The Labute approximate surface area is 171 Å². The molecule has 0 unspecified atom stereocenters. The van der Waals surface area contributed by atoms with E-state index in [0.717, 1.165) is 28.5 Å². The summed E-state index contributed by atoms with van der Waals surface area (Å²) >= 11 is 3.02. The second-order valence-electron chi connectivity index (χ2n) is 6.19. The van der Waals surface area contributed by atoms with Crippen LogP contribution in [0.15, 0.2) is 41.8 Å². The molecule has 2 heterocycles. The van der Waals surface area contributed by atoms with Gasteiger partial charge >= 0.3 is 0 Å². The molecule has 28 heavy (non-hydrogen) atoms. The van der Waals surface area contributed by atoms with E-state index in [1.165, 1.54) is 16.2 Å². The molecule has 0 aliphatic carbocycles. The van der Waals surface area contributed by atoms with Gasteiger partial charge in [0.2, 0.25) is 0 Å². The first-order chi connectivity index (χ1) is 13.5. The third kappa shape index (κ3) is 4.79. The number of hydrogen-bond donors (Lipinski definition) is 2. The number of aromatic nitrogens is 3. The lowest BCUT2D eigenvalue weighted by Gasteiger charge is -2.07. The topological polar surface area (TPSA) is 88.9 Å². The molecule has 9 heteroatoms. The number of rotatable bonds is 6. The van der Waals surface area contributed by atoms with Crippen LogP contribution in [-0.2, 0) is 19.2 Å². The van der Waals surface area contributed by atoms with E-state index in [9.17, 15) is 9.59 Å². The Kier molecular flexibility index (Phi) is 6.48. The number of hydrogen-bond acceptors (Lipinski definition) is 6. The molecular formula is C19H21N5O2S2. The second-order valence-corrected chi connectivity index (χ2v) is 8.27. The van der Waals surface area contributed by atoms with Gasteiger partial charge < -0.3 is 4.57 Å². The molecule has 0 saturated heterocycles. The second kappa shape index (κ2) is 9.03. The predicted octanol–water partition coefficient (Wildman–Crippen LogP) is 3.11. The van der Waals surface area contributed by atoms with E-state index in [0.29, 0.717) is 10.4 Å². The fraction of sp³-hybridized carbons (Fsp3) is 0.263. The standard InChI is InChI=1S/C19H21N5O2S2/c1-4-15-12(2)9-16(28-15)18(26)22-21-17(25)14-7-5-13(6-8-14)10-27-19-23-20-11-24(19)3/h5-9,11H,4,10H2,1-3H3,(H,21,25)(H,22,26). The van der Waals surface area contributed by atoms with Crippen molar-refractivity contribution in [1.82, 2.24) is 25.6 Å². The number of hydrazine groups is 1. The van der Waals surface area contributed by atoms with E-state index in [1.54, 1.807) is 30.2 Å². The minimum atomic E-state index is -0.357. The highest BCUT2D eigenvalue weighted by atomic mass is 32.2. The van der Waals surface area contributed by atoms with Crippen LogP contribution < -0.4 is 10.9 Å². The van der Waals surface area contributed by atoms with Crippen LogP contribution in [0.25, 0.3) is 0 Å². The Morgan fingerprint density at radius 3 is 2.50 bits per heavy atom. The monoisotopic (exact) mass is 415 g/mol. The van der Waals surface area contributed by atoms with Crippen LogP contribution in [0.3, 0.4) is 0 Å². The molecule has 2 N–H and O–H groups in total. The molecule has 1 aromatic carbocycles. The number of nitrogens with one attached hydrogen (secondary N) is 2. The number of carbonyl (C=O) groups excluding carboxylic acids is 2. The van der Waals surface area contributed by atoms with Crippen LogP contribution in [0.4, 0.5) is 0 Å². The van der Waals surface area contributed by atoms with Crippen molar-refractivity contribution in [2.75, 3.05) is 0 Å². The van der Waals surface area contributed by atoms with Crippen molar-refractivity contribution in [2.45, 2.75) is 31.2 Å². The van der Waals surface area contributed by atoms with Gasteiger partial charge in [0.25, 0.3) is 11.8 Å². The molecule has 0 atom stereocenters. The molecule has 2 aromatic heterocycles. The maximum Gasteiger partial charge on any atom is 0.279 e. The molecule has 0 aliphatic heterocycles. The van der Waals surface area contributed by atoms with Crippen LogP contribution in [0.5, 0.6) is 0 Å². The third-order valence-corrected chi connectivity index (χ3v) is 6.59. The Balaban J connectivity index is 1.52. The summed E-state index contributed by atoms with van der Waals surface area (Å²) in [6.07, 6.45) is 2.54. The minimum absolute atomic E-state index is 0.308. The van der Waals surface area contributed by atoms with Crippen molar-refractivity contribution in [2.24, 2.45) is 7.05 Å². The zero-order chi connectivity index (χ0) is 20.1. The van der Waals surface area contributed by atoms with Crippen molar-refractivity contribution in [3.8, 4) is 0 Å². The van der Waals surface area contributed by atoms with Gasteiger partial charge in [-0.2, -0.15) is 0 Å². The van der Waals surface area contributed by atoms with Gasteiger partial charge in [-0.05, 0) is 42.7 Å². The van der Waals surface area contributed by atoms with E-state index in [1.807, 2.05) is 36.7 Å². The zero-order valence-corrected chi connectivity index (χ0v) is 17.5. The van der Waals surface area contributed by atoms with Gasteiger partial charge in [0.05, 0.1) is 4.88 Å². The molecular weight excluding hydrogens is 394 g/mol. The molecule has 0 fully saturated rings. The molecule has 3 aromatic rings. The van der Waals surface area contributed by atoms with Crippen molar-refractivity contribution >= 4 is 34.9 Å². The SMILES string of the molecule is CCc1sc(C(=O)NNC(=O)c2ccc(CSc3nncn3C)cc2)cc1C. The molecule has 0 bridgehead atoms. The van der Waals surface area contributed by atoms with Crippen LogP contribution in [0.1, 0.15) is 43.0 Å². The van der Waals surface area contributed by atoms with Crippen molar-refractivity contribution < 1.29 is 9.59 Å². The number of thioether (sulfide) groups is 1. The summed E-state index contributed by atoms with van der Waals surface area (Å²) in [6, 6.07) is 9.08. The van der Waals surface area contributed by atoms with Crippen LogP contribution in [0, 0.1) is 6.92 Å². The predicted molar refractivity (Wildman–Crippen MR) is 110 cm³/mol. The summed E-state index contributed by atoms with van der Waals surface area (Å²) in [5.41, 5.74) is 7.58. The largest absolute Gasteiger partial charge is 0.312 e.